The lowest BCUT2D eigenvalue weighted by Gasteiger charge is -2.37. The quantitative estimate of drug-likeness (QED) is 0.458. The molecule has 1 saturated heterocycles. The van der Waals surface area contributed by atoms with Crippen molar-refractivity contribution in [2.75, 3.05) is 31.2 Å². The summed E-state index contributed by atoms with van der Waals surface area (Å²) in [6, 6.07) is 0. The Morgan fingerprint density at radius 1 is 1.45 bits per heavy atom. The second-order valence-electron chi connectivity index (χ2n) is 2.54. The van der Waals surface area contributed by atoms with Gasteiger partial charge in [0, 0.05) is 18.8 Å². The molecular weight excluding hydrogens is 166 g/mol. The minimum absolute atomic E-state index is 0.0342. The van der Waals surface area contributed by atoms with Gasteiger partial charge in [-0.3, -0.25) is 0 Å². The Morgan fingerprint density at radius 3 is 2.73 bits per heavy atom. The molecule has 0 radical (unpaired) electrons. The third-order valence-corrected chi connectivity index (χ3v) is 2.74. The Kier molecular flexibility index (Phi) is 3.15. The molecule has 1 aliphatic heterocycles. The molecule has 66 valence electrons. The number of rotatable bonds is 2. The maximum absolute atomic E-state index is 9.31. The van der Waals surface area contributed by atoms with Crippen LogP contribution in [-0.4, -0.2) is 57.3 Å². The highest BCUT2D eigenvalue weighted by molar-refractivity contribution is 7.99. The molecule has 0 amide bonds. The minimum Gasteiger partial charge on any atom is -0.395 e. The summed E-state index contributed by atoms with van der Waals surface area (Å²) in [5, 5.41) is 27.2. The first-order chi connectivity index (χ1) is 5.17. The largest absolute Gasteiger partial charge is 0.395 e. The fourth-order valence-electron chi connectivity index (χ4n) is 1.07. The molecule has 0 aromatic rings. The van der Waals surface area contributed by atoms with Gasteiger partial charge in [-0.05, 0) is 0 Å². The number of hydrogen-bond donors (Lipinski definition) is 3. The SMILES string of the molecule is OCCN1CCSCC1(O)O. The summed E-state index contributed by atoms with van der Waals surface area (Å²) in [5.74, 6) is -0.526. The molecule has 4 nitrogen and oxygen atoms in total. The summed E-state index contributed by atoms with van der Waals surface area (Å²) >= 11 is 1.51. The molecule has 0 saturated carbocycles. The molecule has 0 aromatic carbocycles. The fourth-order valence-corrected chi connectivity index (χ4v) is 2.02. The summed E-state index contributed by atoms with van der Waals surface area (Å²) in [4.78, 5) is 1.48. The monoisotopic (exact) mass is 179 g/mol. The molecular formula is C6H13NO3S. The molecule has 11 heavy (non-hydrogen) atoms. The molecule has 0 aliphatic carbocycles. The van der Waals surface area contributed by atoms with E-state index in [-0.39, 0.29) is 6.61 Å². The van der Waals surface area contributed by atoms with Crippen molar-refractivity contribution in [1.82, 2.24) is 4.90 Å². The second-order valence-corrected chi connectivity index (χ2v) is 3.64. The molecule has 5 heteroatoms. The van der Waals surface area contributed by atoms with Gasteiger partial charge >= 0.3 is 0 Å². The van der Waals surface area contributed by atoms with E-state index in [1.54, 1.807) is 0 Å². The summed E-state index contributed by atoms with van der Waals surface area (Å²) in [5.41, 5.74) is 0. The van der Waals surface area contributed by atoms with Gasteiger partial charge in [0.15, 0.2) is 0 Å². The van der Waals surface area contributed by atoms with Gasteiger partial charge in [-0.1, -0.05) is 0 Å². The summed E-state index contributed by atoms with van der Waals surface area (Å²) in [6.45, 7) is 0.916. The zero-order valence-electron chi connectivity index (χ0n) is 6.23. The van der Waals surface area contributed by atoms with Crippen molar-refractivity contribution in [3.05, 3.63) is 0 Å². The Hall–Kier alpha value is 0.190. The Balaban J connectivity index is 2.45. The van der Waals surface area contributed by atoms with Crippen LogP contribution in [0.25, 0.3) is 0 Å². The summed E-state index contributed by atoms with van der Waals surface area (Å²) < 4.78 is 0. The van der Waals surface area contributed by atoms with Crippen molar-refractivity contribution < 1.29 is 15.3 Å². The zero-order chi connectivity index (χ0) is 8.32. The number of aliphatic hydroxyl groups excluding tert-OH is 1. The Bertz CT molecular complexity index is 129. The third-order valence-electron chi connectivity index (χ3n) is 1.68. The normalized spacial score (nSPS) is 25.4. The average molecular weight is 179 g/mol. The number of aliphatic hydroxyl groups is 3. The lowest BCUT2D eigenvalue weighted by atomic mass is 10.4. The molecule has 0 aromatic heterocycles. The first-order valence-electron chi connectivity index (χ1n) is 3.55. The standard InChI is InChI=1S/C6H13NO3S/c8-3-1-7-2-4-11-5-6(7,9)10/h8-10H,1-5H2. The van der Waals surface area contributed by atoms with Crippen LogP contribution in [0.2, 0.25) is 0 Å². The van der Waals surface area contributed by atoms with Crippen LogP contribution < -0.4 is 0 Å². The van der Waals surface area contributed by atoms with E-state index >= 15 is 0 Å². The smallest absolute Gasteiger partial charge is 0.234 e. The zero-order valence-corrected chi connectivity index (χ0v) is 7.05. The highest BCUT2D eigenvalue weighted by Gasteiger charge is 2.34. The molecule has 0 spiro atoms. The van der Waals surface area contributed by atoms with Crippen LogP contribution in [-0.2, 0) is 0 Å². The van der Waals surface area contributed by atoms with Crippen LogP contribution in [0.3, 0.4) is 0 Å². The van der Waals surface area contributed by atoms with Gasteiger partial charge in [0.05, 0.1) is 12.4 Å². The van der Waals surface area contributed by atoms with Gasteiger partial charge < -0.3 is 15.3 Å². The molecule has 1 fully saturated rings. The number of β-amino-alcohol motifs (C(OH)–C–C–N with tert-alkyl or cyclic N) is 1. The molecule has 1 aliphatic rings. The predicted octanol–water partition coefficient (Wildman–Crippen LogP) is -1.33. The number of hydrogen-bond acceptors (Lipinski definition) is 5. The fraction of sp³-hybridized carbons (Fsp3) is 1.00. The van der Waals surface area contributed by atoms with Crippen molar-refractivity contribution in [2.45, 2.75) is 5.91 Å². The minimum atomic E-state index is -1.72. The molecule has 1 rings (SSSR count). The van der Waals surface area contributed by atoms with Crippen molar-refractivity contribution in [2.24, 2.45) is 0 Å². The average Bonchev–Trinajstić information content (AvgIpc) is 1.94. The second kappa shape index (κ2) is 3.73. The van der Waals surface area contributed by atoms with Crippen LogP contribution in [0.1, 0.15) is 0 Å². The van der Waals surface area contributed by atoms with E-state index in [0.29, 0.717) is 18.8 Å². The first-order valence-corrected chi connectivity index (χ1v) is 4.71. The predicted molar refractivity (Wildman–Crippen MR) is 43.2 cm³/mol. The van der Waals surface area contributed by atoms with E-state index in [1.165, 1.54) is 16.7 Å². The van der Waals surface area contributed by atoms with Crippen LogP contribution in [0.5, 0.6) is 0 Å². The number of thioether (sulfide) groups is 1. The summed E-state index contributed by atoms with van der Waals surface area (Å²) in [7, 11) is 0. The Labute approximate surface area is 69.8 Å². The van der Waals surface area contributed by atoms with Gasteiger partial charge in [0.1, 0.15) is 0 Å². The Morgan fingerprint density at radius 2 is 2.18 bits per heavy atom. The van der Waals surface area contributed by atoms with Crippen LogP contribution >= 0.6 is 11.8 Å². The molecule has 0 bridgehead atoms. The lowest BCUT2D eigenvalue weighted by molar-refractivity contribution is -0.248. The topological polar surface area (TPSA) is 63.9 Å². The maximum atomic E-state index is 9.31. The van der Waals surface area contributed by atoms with E-state index in [9.17, 15) is 10.2 Å². The van der Waals surface area contributed by atoms with Crippen molar-refractivity contribution in [3.8, 4) is 0 Å². The van der Waals surface area contributed by atoms with Gasteiger partial charge in [-0.15, -0.1) is 0 Å². The van der Waals surface area contributed by atoms with E-state index in [0.717, 1.165) is 5.75 Å². The van der Waals surface area contributed by atoms with Crippen molar-refractivity contribution in [3.63, 3.8) is 0 Å². The molecule has 0 atom stereocenters. The van der Waals surface area contributed by atoms with E-state index in [4.69, 9.17) is 5.11 Å². The lowest BCUT2D eigenvalue weighted by Crippen LogP contribution is -2.55. The number of nitrogens with zero attached hydrogens (tertiary/aromatic N) is 1. The van der Waals surface area contributed by atoms with E-state index < -0.39 is 5.91 Å². The molecule has 0 unspecified atom stereocenters. The van der Waals surface area contributed by atoms with E-state index in [1.807, 2.05) is 0 Å². The highest BCUT2D eigenvalue weighted by Crippen LogP contribution is 2.21. The molecule has 1 heterocycles. The van der Waals surface area contributed by atoms with Crippen molar-refractivity contribution >= 4 is 11.8 Å². The van der Waals surface area contributed by atoms with Crippen LogP contribution in [0, 0.1) is 0 Å². The van der Waals surface area contributed by atoms with Gasteiger partial charge in [0.25, 0.3) is 0 Å². The van der Waals surface area contributed by atoms with Gasteiger partial charge in [-0.25, -0.2) is 4.90 Å². The van der Waals surface area contributed by atoms with E-state index in [2.05, 4.69) is 0 Å². The van der Waals surface area contributed by atoms with Crippen molar-refractivity contribution in [1.29, 1.82) is 0 Å². The highest BCUT2D eigenvalue weighted by atomic mass is 32.2. The third kappa shape index (κ3) is 2.31. The van der Waals surface area contributed by atoms with Crippen LogP contribution in [0.15, 0.2) is 0 Å². The molecule has 3 N–H and O–H groups in total. The first kappa shape index (κ1) is 9.28. The maximum Gasteiger partial charge on any atom is 0.234 e. The van der Waals surface area contributed by atoms with Gasteiger partial charge in [-0.2, -0.15) is 11.8 Å². The van der Waals surface area contributed by atoms with Crippen LogP contribution in [0.4, 0.5) is 0 Å². The summed E-state index contributed by atoms with van der Waals surface area (Å²) in [6.07, 6.45) is 0. The van der Waals surface area contributed by atoms with Gasteiger partial charge in [0.2, 0.25) is 5.91 Å².